The molecule has 0 aliphatic heterocycles. The summed E-state index contributed by atoms with van der Waals surface area (Å²) in [5, 5.41) is 42.1. The highest BCUT2D eigenvalue weighted by atomic mass is 19.1. The number of hydrogen-bond donors (Lipinski definition) is 4. The molecule has 0 aromatic rings. The van der Waals surface area contributed by atoms with E-state index in [4.69, 9.17) is 2.74 Å². The summed E-state index contributed by atoms with van der Waals surface area (Å²) in [6, 6.07) is -1.51. The van der Waals surface area contributed by atoms with Crippen molar-refractivity contribution in [3.05, 3.63) is 23.8 Å². The number of alkyl halides is 2. The molecule has 0 unspecified atom stereocenters. The van der Waals surface area contributed by atoms with Gasteiger partial charge in [0.1, 0.15) is 12.8 Å². The standard InChI is InChI=1S/C21H26F2O6/c1-18-4-3-10(25)5-13(18)14(22)6-12-11-7-15(26)21(29,17(28)9-24)19(11,2)8-16(27)20(12,18)23/h3-5,11-12,14-16,24,26-27,29H,6-9H2,1-2H3/t11-,12-,14-,15+,16-,18-,19-,20-,21-/m0/s1/i3T,4T. The first-order chi connectivity index (χ1) is 14.2. The minimum atomic E-state index is -2.68. The number of Topliss-reactive ketones (excluding diaryl/α,β-unsaturated/α-hetero) is 1. The van der Waals surface area contributed by atoms with Crippen LogP contribution >= 0.6 is 0 Å². The fraction of sp³-hybridized carbons (Fsp3) is 0.714. The van der Waals surface area contributed by atoms with E-state index in [0.29, 0.717) is 0 Å². The van der Waals surface area contributed by atoms with E-state index in [1.807, 2.05) is 0 Å². The lowest BCUT2D eigenvalue weighted by Gasteiger charge is -2.62. The minimum absolute atomic E-state index is 0.270. The van der Waals surface area contributed by atoms with Crippen molar-refractivity contribution in [2.24, 2.45) is 22.7 Å². The molecule has 160 valence electrons. The molecule has 0 amide bonds. The number of halogens is 2. The molecule has 4 aliphatic carbocycles. The van der Waals surface area contributed by atoms with Crippen molar-refractivity contribution >= 4 is 11.6 Å². The van der Waals surface area contributed by atoms with Gasteiger partial charge in [0, 0.05) is 16.7 Å². The van der Waals surface area contributed by atoms with Gasteiger partial charge in [-0.3, -0.25) is 9.59 Å². The van der Waals surface area contributed by atoms with Crippen molar-refractivity contribution in [1.82, 2.24) is 0 Å². The van der Waals surface area contributed by atoms with Crippen LogP contribution in [0.1, 0.15) is 35.9 Å². The SMILES string of the molecule is [3H]C1=C([3H])[C@@]2(C)C(=CC1=O)[C@@H](F)C[C@H]1[C@@H]3C[C@@H](O)[C@](O)(C(=O)CO)[C@@]3(C)C[C@H](O)[C@@]12F. The maximum atomic E-state index is 17.0. The molecule has 0 bridgehead atoms. The Balaban J connectivity index is 1.92. The average Bonchev–Trinajstić information content (AvgIpc) is 2.91. The van der Waals surface area contributed by atoms with Crippen LogP contribution in [0.5, 0.6) is 0 Å². The molecule has 4 aliphatic rings. The number of aliphatic hydroxyl groups is 4. The first-order valence-electron chi connectivity index (χ1n) is 10.7. The van der Waals surface area contributed by atoms with Crippen molar-refractivity contribution in [3.8, 4) is 0 Å². The fourth-order valence-electron chi connectivity index (χ4n) is 6.66. The van der Waals surface area contributed by atoms with Crippen molar-refractivity contribution in [2.45, 2.75) is 62.8 Å². The Morgan fingerprint density at radius 2 is 1.93 bits per heavy atom. The maximum Gasteiger partial charge on any atom is 0.192 e. The van der Waals surface area contributed by atoms with Gasteiger partial charge in [-0.15, -0.1) is 0 Å². The number of ketones is 2. The third kappa shape index (κ3) is 2.18. The molecule has 4 N–H and O–H groups in total. The van der Waals surface area contributed by atoms with Gasteiger partial charge in [-0.2, -0.15) is 0 Å². The van der Waals surface area contributed by atoms with Gasteiger partial charge in [0.25, 0.3) is 0 Å². The molecule has 0 heterocycles. The Morgan fingerprint density at radius 3 is 2.55 bits per heavy atom. The van der Waals surface area contributed by atoms with Gasteiger partial charge in [-0.1, -0.05) is 13.0 Å². The van der Waals surface area contributed by atoms with E-state index in [1.54, 1.807) is 0 Å². The number of hydrogen-bond acceptors (Lipinski definition) is 6. The van der Waals surface area contributed by atoms with Gasteiger partial charge in [0.2, 0.25) is 0 Å². The van der Waals surface area contributed by atoms with E-state index in [0.717, 1.165) is 6.08 Å². The molecule has 8 heteroatoms. The van der Waals surface area contributed by atoms with E-state index in [1.165, 1.54) is 13.8 Å². The summed E-state index contributed by atoms with van der Waals surface area (Å²) in [7, 11) is 0. The number of carbonyl (C=O) groups excluding carboxylic acids is 2. The summed E-state index contributed by atoms with van der Waals surface area (Å²) in [6.45, 7) is 1.53. The molecule has 0 spiro atoms. The van der Waals surface area contributed by atoms with E-state index < -0.39 is 95.4 Å². The molecule has 0 aromatic carbocycles. The Hall–Kier alpha value is -1.48. The molecule has 0 aromatic heterocycles. The molecular weight excluding hydrogens is 386 g/mol. The lowest BCUT2D eigenvalue weighted by Crippen LogP contribution is -2.70. The average molecular weight is 416 g/mol. The number of rotatable bonds is 2. The second-order valence-corrected chi connectivity index (χ2v) is 9.26. The van der Waals surface area contributed by atoms with Crippen molar-refractivity contribution in [2.75, 3.05) is 6.61 Å². The highest BCUT2D eigenvalue weighted by molar-refractivity contribution is 6.01. The van der Waals surface area contributed by atoms with E-state index in [9.17, 15) is 30.0 Å². The van der Waals surface area contributed by atoms with Gasteiger partial charge in [-0.05, 0) is 49.8 Å². The number of allylic oxidation sites excluding steroid dienone is 4. The molecule has 29 heavy (non-hydrogen) atoms. The summed E-state index contributed by atoms with van der Waals surface area (Å²) in [4.78, 5) is 24.5. The number of aliphatic hydroxyl groups excluding tert-OH is 3. The van der Waals surface area contributed by atoms with Crippen LogP contribution in [0.4, 0.5) is 8.78 Å². The first-order valence-corrected chi connectivity index (χ1v) is 9.72. The molecular formula is C21H26F2O6. The second kappa shape index (κ2) is 6.03. The Kier molecular flexibility index (Phi) is 3.81. The minimum Gasteiger partial charge on any atom is -0.390 e. The van der Waals surface area contributed by atoms with Crippen LogP contribution in [0.3, 0.4) is 0 Å². The molecule has 6 nitrogen and oxygen atoms in total. The summed E-state index contributed by atoms with van der Waals surface area (Å²) >= 11 is 0. The highest BCUT2D eigenvalue weighted by Gasteiger charge is 2.77. The summed E-state index contributed by atoms with van der Waals surface area (Å²) in [5.74, 6) is -4.26. The van der Waals surface area contributed by atoms with E-state index in [-0.39, 0.29) is 12.0 Å². The Labute approximate surface area is 169 Å². The van der Waals surface area contributed by atoms with Gasteiger partial charge < -0.3 is 20.4 Å². The van der Waals surface area contributed by atoms with Crippen LogP contribution in [-0.4, -0.2) is 68.2 Å². The first kappa shape index (κ1) is 18.3. The largest absolute Gasteiger partial charge is 0.390 e. The van der Waals surface area contributed by atoms with Crippen LogP contribution in [0.15, 0.2) is 23.8 Å². The monoisotopic (exact) mass is 416 g/mol. The number of carbonyl (C=O) groups is 2. The predicted octanol–water partition coefficient (Wildman–Crippen LogP) is 0.568. The molecule has 0 saturated heterocycles. The maximum absolute atomic E-state index is 17.0. The van der Waals surface area contributed by atoms with Gasteiger partial charge >= 0.3 is 0 Å². The van der Waals surface area contributed by atoms with Crippen molar-refractivity contribution in [3.63, 3.8) is 0 Å². The zero-order chi connectivity index (χ0) is 23.3. The molecule has 9 atom stereocenters. The molecule has 3 fully saturated rings. The zero-order valence-electron chi connectivity index (χ0n) is 18.2. The molecule has 4 rings (SSSR count). The fourth-order valence-corrected chi connectivity index (χ4v) is 6.66. The molecule has 3 saturated carbocycles. The predicted molar refractivity (Wildman–Crippen MR) is 97.1 cm³/mol. The zero-order valence-corrected chi connectivity index (χ0v) is 16.2. The van der Waals surface area contributed by atoms with Crippen LogP contribution in [-0.2, 0) is 9.59 Å². The van der Waals surface area contributed by atoms with E-state index >= 15 is 8.78 Å². The van der Waals surface area contributed by atoms with E-state index in [2.05, 4.69) is 0 Å². The van der Waals surface area contributed by atoms with Crippen LogP contribution in [0.2, 0.25) is 0 Å². The topological polar surface area (TPSA) is 115 Å². The van der Waals surface area contributed by atoms with Gasteiger partial charge in [0.15, 0.2) is 22.8 Å². The smallest absolute Gasteiger partial charge is 0.192 e. The van der Waals surface area contributed by atoms with Crippen molar-refractivity contribution < 1.29 is 41.5 Å². The summed E-state index contributed by atoms with van der Waals surface area (Å²) in [5.41, 5.74) is -9.11. The quantitative estimate of drug-likeness (QED) is 0.523. The van der Waals surface area contributed by atoms with Crippen LogP contribution in [0.25, 0.3) is 0 Å². The van der Waals surface area contributed by atoms with Gasteiger partial charge in [-0.25, -0.2) is 8.78 Å². The second-order valence-electron chi connectivity index (χ2n) is 9.26. The Bertz CT molecular complexity index is 939. The molecule has 0 radical (unpaired) electrons. The summed E-state index contributed by atoms with van der Waals surface area (Å²) < 4.78 is 48.6. The third-order valence-corrected chi connectivity index (χ3v) is 8.21. The lowest BCUT2D eigenvalue weighted by atomic mass is 9.44. The normalized spacial score (nSPS) is 55.4. The van der Waals surface area contributed by atoms with Crippen LogP contribution in [0, 0.1) is 22.7 Å². The third-order valence-electron chi connectivity index (χ3n) is 8.21. The Morgan fingerprint density at radius 1 is 1.28 bits per heavy atom. The number of fused-ring (bicyclic) bond motifs is 5. The van der Waals surface area contributed by atoms with Gasteiger partial charge in [0.05, 0.1) is 14.9 Å². The van der Waals surface area contributed by atoms with Crippen molar-refractivity contribution in [1.29, 1.82) is 0 Å². The highest BCUT2D eigenvalue weighted by Crippen LogP contribution is 2.69. The summed E-state index contributed by atoms with van der Waals surface area (Å²) in [6.07, 6.45) is -5.84. The van der Waals surface area contributed by atoms with Crippen LogP contribution < -0.4 is 0 Å². The lowest BCUT2D eigenvalue weighted by molar-refractivity contribution is -0.226.